The molecule has 1 saturated heterocycles. The van der Waals surface area contributed by atoms with Gasteiger partial charge < -0.3 is 10.4 Å². The number of nitrogens with zero attached hydrogens (tertiary/aromatic N) is 2. The van der Waals surface area contributed by atoms with Gasteiger partial charge in [0.1, 0.15) is 0 Å². The van der Waals surface area contributed by atoms with Gasteiger partial charge in [-0.25, -0.2) is 14.4 Å². The summed E-state index contributed by atoms with van der Waals surface area (Å²) in [7, 11) is 0. The second-order valence-electron chi connectivity index (χ2n) is 1.71. The van der Waals surface area contributed by atoms with E-state index in [1.54, 1.807) is 0 Å². The zero-order valence-corrected chi connectivity index (χ0v) is 5.14. The Morgan fingerprint density at radius 1 is 1.55 bits per heavy atom. The quantitative estimate of drug-likeness (QED) is 0.479. The molecule has 0 saturated carbocycles. The Kier molecular flexibility index (Phi) is 1.63. The van der Waals surface area contributed by atoms with Crippen molar-refractivity contribution in [3.63, 3.8) is 0 Å². The summed E-state index contributed by atoms with van der Waals surface area (Å²) in [6.45, 7) is 0. The molecular formula is C4H3N3O4. The van der Waals surface area contributed by atoms with Crippen LogP contribution in [-0.2, 0) is 4.79 Å². The van der Waals surface area contributed by atoms with Gasteiger partial charge in [-0.05, 0) is 0 Å². The Balaban J connectivity index is 2.63. The van der Waals surface area contributed by atoms with Crippen molar-refractivity contribution >= 4 is 18.0 Å². The van der Waals surface area contributed by atoms with E-state index in [0.717, 1.165) is 0 Å². The summed E-state index contributed by atoms with van der Waals surface area (Å²) in [5, 5.41) is 15.9. The lowest BCUT2D eigenvalue weighted by atomic mass is 10.4. The van der Waals surface area contributed by atoms with Gasteiger partial charge in [0.05, 0.1) is 0 Å². The van der Waals surface area contributed by atoms with Gasteiger partial charge in [0.15, 0.2) is 0 Å². The molecule has 0 bridgehead atoms. The topological polar surface area (TPSA) is 112 Å². The lowest BCUT2D eigenvalue weighted by Gasteiger charge is -2.16. The molecule has 1 atom stereocenters. The third-order valence-electron chi connectivity index (χ3n) is 0.931. The molecule has 2 N–H and O–H groups in total. The molecule has 0 aliphatic carbocycles. The van der Waals surface area contributed by atoms with Gasteiger partial charge in [-0.3, -0.25) is 0 Å². The Morgan fingerprint density at radius 2 is 2.18 bits per heavy atom. The molecule has 11 heavy (non-hydrogen) atoms. The number of carbonyl (C=O) groups is 3. The van der Waals surface area contributed by atoms with Crippen LogP contribution in [0.2, 0.25) is 0 Å². The van der Waals surface area contributed by atoms with Gasteiger partial charge in [-0.15, -0.1) is 5.32 Å². The first-order chi connectivity index (χ1) is 5.09. The first kappa shape index (κ1) is 7.32. The second kappa shape index (κ2) is 2.45. The SMILES string of the molecule is O=C1[N]C(=O)NC(C(=O)O)[N]1. The predicted molar refractivity (Wildman–Crippen MR) is 29.6 cm³/mol. The van der Waals surface area contributed by atoms with Crippen molar-refractivity contribution in [3.8, 4) is 0 Å². The maximum Gasteiger partial charge on any atom is 0.369 e. The minimum Gasteiger partial charge on any atom is -0.478 e. The van der Waals surface area contributed by atoms with Crippen molar-refractivity contribution < 1.29 is 19.5 Å². The van der Waals surface area contributed by atoms with Crippen molar-refractivity contribution in [2.45, 2.75) is 6.17 Å². The van der Waals surface area contributed by atoms with Crippen LogP contribution in [0.5, 0.6) is 0 Å². The third-order valence-corrected chi connectivity index (χ3v) is 0.931. The molecule has 1 rings (SSSR count). The minimum atomic E-state index is -1.49. The Morgan fingerprint density at radius 3 is 2.64 bits per heavy atom. The number of carbonyl (C=O) groups excluding carboxylic acids is 2. The van der Waals surface area contributed by atoms with Crippen LogP contribution in [0.1, 0.15) is 0 Å². The molecule has 1 aliphatic rings. The summed E-state index contributed by atoms with van der Waals surface area (Å²) >= 11 is 0. The zero-order chi connectivity index (χ0) is 8.43. The van der Waals surface area contributed by atoms with E-state index in [9.17, 15) is 14.4 Å². The van der Waals surface area contributed by atoms with Crippen molar-refractivity contribution in [2.75, 3.05) is 0 Å². The zero-order valence-electron chi connectivity index (χ0n) is 5.14. The third kappa shape index (κ3) is 1.57. The number of carboxylic acid groups (broad SMARTS) is 1. The molecule has 7 heteroatoms. The van der Waals surface area contributed by atoms with Crippen LogP contribution in [0.4, 0.5) is 9.59 Å². The van der Waals surface area contributed by atoms with E-state index >= 15 is 0 Å². The number of carboxylic acids is 1. The molecule has 1 unspecified atom stereocenters. The van der Waals surface area contributed by atoms with Crippen LogP contribution in [-0.4, -0.2) is 29.3 Å². The largest absolute Gasteiger partial charge is 0.478 e. The first-order valence-electron chi connectivity index (χ1n) is 2.59. The van der Waals surface area contributed by atoms with Crippen molar-refractivity contribution in [1.29, 1.82) is 0 Å². The summed E-state index contributed by atoms with van der Waals surface area (Å²) in [4.78, 5) is 30.8. The van der Waals surface area contributed by atoms with E-state index in [2.05, 4.69) is 10.6 Å². The van der Waals surface area contributed by atoms with Crippen LogP contribution in [0.25, 0.3) is 0 Å². The lowest BCUT2D eigenvalue weighted by Crippen LogP contribution is -2.58. The smallest absolute Gasteiger partial charge is 0.369 e. The highest BCUT2D eigenvalue weighted by Crippen LogP contribution is 1.89. The van der Waals surface area contributed by atoms with Crippen molar-refractivity contribution in [2.24, 2.45) is 0 Å². The maximum absolute atomic E-state index is 10.4. The fourth-order valence-electron chi connectivity index (χ4n) is 0.525. The van der Waals surface area contributed by atoms with Gasteiger partial charge >= 0.3 is 18.0 Å². The predicted octanol–water partition coefficient (Wildman–Crippen LogP) is -1.55. The van der Waals surface area contributed by atoms with Crippen LogP contribution >= 0.6 is 0 Å². The molecular weight excluding hydrogens is 154 g/mol. The number of rotatable bonds is 1. The molecule has 2 radical (unpaired) electrons. The summed E-state index contributed by atoms with van der Waals surface area (Å²) in [6.07, 6.45) is -1.49. The Hall–Kier alpha value is -1.79. The molecule has 0 aromatic carbocycles. The first-order valence-corrected chi connectivity index (χ1v) is 2.59. The molecule has 1 fully saturated rings. The van der Waals surface area contributed by atoms with Crippen LogP contribution < -0.4 is 16.0 Å². The molecule has 0 spiro atoms. The summed E-state index contributed by atoms with van der Waals surface area (Å²) in [5.74, 6) is -1.39. The van der Waals surface area contributed by atoms with E-state index < -0.39 is 24.2 Å². The minimum absolute atomic E-state index is 0.975. The van der Waals surface area contributed by atoms with Gasteiger partial charge in [0, 0.05) is 0 Å². The highest BCUT2D eigenvalue weighted by Gasteiger charge is 2.31. The number of nitrogens with one attached hydrogen (secondary N) is 1. The van der Waals surface area contributed by atoms with Gasteiger partial charge in [0.2, 0.25) is 6.17 Å². The molecule has 58 valence electrons. The van der Waals surface area contributed by atoms with Gasteiger partial charge in [0.25, 0.3) is 0 Å². The van der Waals surface area contributed by atoms with Crippen molar-refractivity contribution in [1.82, 2.24) is 16.0 Å². The summed E-state index contributed by atoms with van der Waals surface area (Å²) in [6, 6.07) is -2.04. The number of aliphatic carboxylic acids is 1. The van der Waals surface area contributed by atoms with E-state index in [1.807, 2.05) is 5.32 Å². The Labute approximate surface area is 60.8 Å². The van der Waals surface area contributed by atoms with E-state index in [1.165, 1.54) is 0 Å². The summed E-state index contributed by atoms with van der Waals surface area (Å²) in [5.41, 5.74) is 0. The normalized spacial score (nSPS) is 18.2. The van der Waals surface area contributed by atoms with E-state index in [0.29, 0.717) is 0 Å². The highest BCUT2D eigenvalue weighted by atomic mass is 16.4. The number of hydrogen-bond donors (Lipinski definition) is 2. The van der Waals surface area contributed by atoms with Gasteiger partial charge in [-0.2, -0.15) is 5.32 Å². The highest BCUT2D eigenvalue weighted by molar-refractivity contribution is 5.99. The number of urea groups is 2. The molecule has 7 nitrogen and oxygen atoms in total. The molecule has 4 amide bonds. The average molecular weight is 157 g/mol. The van der Waals surface area contributed by atoms with Crippen molar-refractivity contribution in [3.05, 3.63) is 0 Å². The number of amides is 4. The fraction of sp³-hybridized carbons (Fsp3) is 0.250. The van der Waals surface area contributed by atoms with Crippen LogP contribution in [0.15, 0.2) is 0 Å². The lowest BCUT2D eigenvalue weighted by molar-refractivity contribution is -0.140. The summed E-state index contributed by atoms with van der Waals surface area (Å²) < 4.78 is 0. The number of hydrogen-bond acceptors (Lipinski definition) is 3. The molecule has 0 aromatic heterocycles. The number of imide groups is 1. The second-order valence-corrected chi connectivity index (χ2v) is 1.71. The standard InChI is InChI=1S/C4H3N3O4/c8-2(9)1-5-3(10)7-4(11)6-1/h1H,(H,5,10)(H,8,9). The maximum atomic E-state index is 10.4. The van der Waals surface area contributed by atoms with E-state index in [-0.39, 0.29) is 0 Å². The monoisotopic (exact) mass is 157 g/mol. The molecule has 1 aliphatic heterocycles. The van der Waals surface area contributed by atoms with Crippen LogP contribution in [0, 0.1) is 0 Å². The fourth-order valence-corrected chi connectivity index (χ4v) is 0.525. The van der Waals surface area contributed by atoms with Crippen LogP contribution in [0.3, 0.4) is 0 Å². The Bertz CT molecular complexity index is 209. The average Bonchev–Trinajstić information content (AvgIpc) is 1.85. The van der Waals surface area contributed by atoms with Gasteiger partial charge in [-0.1, -0.05) is 0 Å². The molecule has 1 heterocycles. The van der Waals surface area contributed by atoms with E-state index in [4.69, 9.17) is 5.11 Å². The molecule has 0 aromatic rings.